The summed E-state index contributed by atoms with van der Waals surface area (Å²) in [5.41, 5.74) is 2.04. The third-order valence-corrected chi connectivity index (χ3v) is 4.29. The molecule has 0 unspecified atom stereocenters. The van der Waals surface area contributed by atoms with E-state index in [1.165, 1.54) is 18.4 Å². The molecule has 104 valence electrons. The number of piperidine rings is 1. The van der Waals surface area contributed by atoms with Gasteiger partial charge in [0.05, 0.1) is 5.69 Å². The minimum absolute atomic E-state index is 0.114. The van der Waals surface area contributed by atoms with Gasteiger partial charge in [-0.25, -0.2) is 0 Å². The lowest BCUT2D eigenvalue weighted by Gasteiger charge is -2.22. The molecular weight excluding hydrogens is 304 g/mol. The van der Waals surface area contributed by atoms with Crippen LogP contribution < -0.4 is 10.6 Å². The lowest BCUT2D eigenvalue weighted by atomic mass is 9.93. The number of hydrogen-bond acceptors (Lipinski definition) is 2. The SMILES string of the molecule is Cc1ccc(NC(=O)CCC2CCNCC2)c(Br)c1. The minimum Gasteiger partial charge on any atom is -0.325 e. The molecule has 0 saturated carbocycles. The van der Waals surface area contributed by atoms with Crippen molar-refractivity contribution in [1.82, 2.24) is 5.32 Å². The molecule has 1 aromatic rings. The molecule has 1 aliphatic heterocycles. The number of anilines is 1. The molecule has 1 fully saturated rings. The lowest BCUT2D eigenvalue weighted by Crippen LogP contribution is -2.28. The van der Waals surface area contributed by atoms with Crippen molar-refractivity contribution in [2.45, 2.75) is 32.6 Å². The van der Waals surface area contributed by atoms with Gasteiger partial charge in [0.15, 0.2) is 0 Å². The Kier molecular flexibility index (Phi) is 5.40. The normalized spacial score (nSPS) is 16.3. The Morgan fingerprint density at radius 2 is 2.16 bits per heavy atom. The van der Waals surface area contributed by atoms with Crippen LogP contribution in [0.15, 0.2) is 22.7 Å². The second kappa shape index (κ2) is 7.06. The largest absolute Gasteiger partial charge is 0.325 e. The van der Waals surface area contributed by atoms with Gasteiger partial charge in [-0.05, 0) is 78.8 Å². The van der Waals surface area contributed by atoms with Gasteiger partial charge >= 0.3 is 0 Å². The van der Waals surface area contributed by atoms with Crippen LogP contribution in [0.3, 0.4) is 0 Å². The first-order valence-electron chi connectivity index (χ1n) is 6.92. The van der Waals surface area contributed by atoms with E-state index in [2.05, 4.69) is 26.6 Å². The summed E-state index contributed by atoms with van der Waals surface area (Å²) < 4.78 is 0.947. The molecule has 0 spiro atoms. The van der Waals surface area contributed by atoms with Crippen molar-refractivity contribution in [3.05, 3.63) is 28.2 Å². The standard InChI is InChI=1S/C15H21BrN2O/c1-11-2-4-14(13(16)10-11)18-15(19)5-3-12-6-8-17-9-7-12/h2,4,10,12,17H,3,5-9H2,1H3,(H,18,19). The summed E-state index contributed by atoms with van der Waals surface area (Å²) in [4.78, 5) is 11.9. The van der Waals surface area contributed by atoms with Crippen molar-refractivity contribution in [2.75, 3.05) is 18.4 Å². The number of aryl methyl sites for hydroxylation is 1. The molecule has 0 radical (unpaired) electrons. The Balaban J connectivity index is 1.80. The highest BCUT2D eigenvalue weighted by Crippen LogP contribution is 2.24. The summed E-state index contributed by atoms with van der Waals surface area (Å²) in [6.07, 6.45) is 4.00. The Labute approximate surface area is 123 Å². The first kappa shape index (κ1) is 14.5. The molecular formula is C15H21BrN2O. The van der Waals surface area contributed by atoms with Crippen molar-refractivity contribution in [1.29, 1.82) is 0 Å². The van der Waals surface area contributed by atoms with Gasteiger partial charge in [0.25, 0.3) is 0 Å². The number of nitrogens with one attached hydrogen (secondary N) is 2. The van der Waals surface area contributed by atoms with Gasteiger partial charge in [-0.3, -0.25) is 4.79 Å². The van der Waals surface area contributed by atoms with E-state index in [1.54, 1.807) is 0 Å². The highest BCUT2D eigenvalue weighted by Gasteiger charge is 2.14. The van der Waals surface area contributed by atoms with Crippen LogP contribution in [0.1, 0.15) is 31.2 Å². The van der Waals surface area contributed by atoms with Crippen molar-refractivity contribution in [3.63, 3.8) is 0 Å². The van der Waals surface area contributed by atoms with Crippen LogP contribution >= 0.6 is 15.9 Å². The number of carbonyl (C=O) groups excluding carboxylic acids is 1. The molecule has 1 heterocycles. The van der Waals surface area contributed by atoms with Crippen LogP contribution in [-0.4, -0.2) is 19.0 Å². The van der Waals surface area contributed by atoms with E-state index in [0.29, 0.717) is 12.3 Å². The molecule has 0 aliphatic carbocycles. The maximum atomic E-state index is 11.9. The summed E-state index contributed by atoms with van der Waals surface area (Å²) in [7, 11) is 0. The number of hydrogen-bond donors (Lipinski definition) is 2. The van der Waals surface area contributed by atoms with Gasteiger partial charge in [-0.15, -0.1) is 0 Å². The Bertz CT molecular complexity index is 442. The first-order chi connectivity index (χ1) is 9.15. The fourth-order valence-corrected chi connectivity index (χ4v) is 3.03. The van der Waals surface area contributed by atoms with Crippen LogP contribution in [0, 0.1) is 12.8 Å². The predicted octanol–water partition coefficient (Wildman–Crippen LogP) is 3.48. The van der Waals surface area contributed by atoms with Gasteiger partial charge in [0.1, 0.15) is 0 Å². The Hall–Kier alpha value is -0.870. The van der Waals surface area contributed by atoms with Gasteiger partial charge in [0.2, 0.25) is 5.91 Å². The van der Waals surface area contributed by atoms with Gasteiger partial charge in [-0.1, -0.05) is 6.07 Å². The summed E-state index contributed by atoms with van der Waals surface area (Å²) >= 11 is 3.48. The van der Waals surface area contributed by atoms with Gasteiger partial charge in [-0.2, -0.15) is 0 Å². The summed E-state index contributed by atoms with van der Waals surface area (Å²) in [5, 5.41) is 6.32. The Morgan fingerprint density at radius 3 is 2.84 bits per heavy atom. The number of amides is 1. The number of rotatable bonds is 4. The molecule has 4 heteroatoms. The minimum atomic E-state index is 0.114. The summed E-state index contributed by atoms with van der Waals surface area (Å²) in [6, 6.07) is 5.97. The molecule has 1 saturated heterocycles. The summed E-state index contributed by atoms with van der Waals surface area (Å²) in [5.74, 6) is 0.816. The monoisotopic (exact) mass is 324 g/mol. The molecule has 2 rings (SSSR count). The molecule has 0 bridgehead atoms. The second-order valence-electron chi connectivity index (χ2n) is 5.26. The van der Waals surface area contributed by atoms with Crippen molar-refractivity contribution < 1.29 is 4.79 Å². The molecule has 0 aromatic heterocycles. The fourth-order valence-electron chi connectivity index (χ4n) is 2.44. The van der Waals surface area contributed by atoms with E-state index in [0.717, 1.165) is 29.7 Å². The molecule has 1 aliphatic rings. The van der Waals surface area contributed by atoms with E-state index in [9.17, 15) is 4.79 Å². The van der Waals surface area contributed by atoms with Crippen LogP contribution in [0.5, 0.6) is 0 Å². The molecule has 3 nitrogen and oxygen atoms in total. The smallest absolute Gasteiger partial charge is 0.224 e. The van der Waals surface area contributed by atoms with E-state index in [-0.39, 0.29) is 5.91 Å². The molecule has 1 amide bonds. The highest BCUT2D eigenvalue weighted by molar-refractivity contribution is 9.10. The maximum absolute atomic E-state index is 11.9. The predicted molar refractivity (Wildman–Crippen MR) is 82.3 cm³/mol. The zero-order valence-corrected chi connectivity index (χ0v) is 12.9. The van der Waals surface area contributed by atoms with Crippen LogP contribution in [0.25, 0.3) is 0 Å². The molecule has 1 aromatic carbocycles. The van der Waals surface area contributed by atoms with E-state index in [1.807, 2.05) is 25.1 Å². The van der Waals surface area contributed by atoms with Crippen molar-refractivity contribution in [3.8, 4) is 0 Å². The van der Waals surface area contributed by atoms with Crippen LogP contribution in [-0.2, 0) is 4.79 Å². The average molecular weight is 325 g/mol. The average Bonchev–Trinajstić information content (AvgIpc) is 2.41. The third-order valence-electron chi connectivity index (χ3n) is 3.64. The number of benzene rings is 1. The highest BCUT2D eigenvalue weighted by atomic mass is 79.9. The van der Waals surface area contributed by atoms with Crippen LogP contribution in [0.2, 0.25) is 0 Å². The fraction of sp³-hybridized carbons (Fsp3) is 0.533. The van der Waals surface area contributed by atoms with E-state index < -0.39 is 0 Å². The number of halogens is 1. The molecule has 2 N–H and O–H groups in total. The second-order valence-corrected chi connectivity index (χ2v) is 6.12. The molecule has 0 atom stereocenters. The van der Waals surface area contributed by atoms with Crippen molar-refractivity contribution in [2.24, 2.45) is 5.92 Å². The van der Waals surface area contributed by atoms with Gasteiger partial charge < -0.3 is 10.6 Å². The van der Waals surface area contributed by atoms with E-state index in [4.69, 9.17) is 0 Å². The first-order valence-corrected chi connectivity index (χ1v) is 7.71. The van der Waals surface area contributed by atoms with Crippen molar-refractivity contribution >= 4 is 27.5 Å². The maximum Gasteiger partial charge on any atom is 0.224 e. The van der Waals surface area contributed by atoms with E-state index >= 15 is 0 Å². The molecule has 19 heavy (non-hydrogen) atoms. The topological polar surface area (TPSA) is 41.1 Å². The zero-order chi connectivity index (χ0) is 13.7. The van der Waals surface area contributed by atoms with Gasteiger partial charge in [0, 0.05) is 10.9 Å². The number of carbonyl (C=O) groups is 1. The third kappa shape index (κ3) is 4.62. The Morgan fingerprint density at radius 1 is 1.42 bits per heavy atom. The lowest BCUT2D eigenvalue weighted by molar-refractivity contribution is -0.116. The zero-order valence-electron chi connectivity index (χ0n) is 11.3. The summed E-state index contributed by atoms with van der Waals surface area (Å²) in [6.45, 7) is 4.22. The quantitative estimate of drug-likeness (QED) is 0.890. The van der Waals surface area contributed by atoms with Crippen LogP contribution in [0.4, 0.5) is 5.69 Å².